The molecule has 4 fully saturated rings. The highest BCUT2D eigenvalue weighted by Crippen LogP contribution is 2.61. The Labute approximate surface area is 252 Å². The number of nitrogens with zero attached hydrogens (tertiary/aromatic N) is 4. The first-order valence-corrected chi connectivity index (χ1v) is 15.7. The van der Waals surface area contributed by atoms with Crippen molar-refractivity contribution in [2.24, 2.45) is 28.2 Å². The van der Waals surface area contributed by atoms with E-state index in [1.807, 2.05) is 18.2 Å². The minimum absolute atomic E-state index is 0.141. The van der Waals surface area contributed by atoms with E-state index in [-0.39, 0.29) is 11.4 Å². The van der Waals surface area contributed by atoms with E-state index in [9.17, 15) is 9.18 Å². The van der Waals surface area contributed by atoms with Crippen molar-refractivity contribution in [3.05, 3.63) is 69.5 Å². The quantitative estimate of drug-likeness (QED) is 0.283. The van der Waals surface area contributed by atoms with Gasteiger partial charge >= 0.3 is 0 Å². The molecule has 2 N–H and O–H groups in total. The molecule has 2 bridgehead atoms. The second-order valence-electron chi connectivity index (χ2n) is 13.4. The number of fused-ring (bicyclic) bond motifs is 3. The van der Waals surface area contributed by atoms with Gasteiger partial charge in [0.15, 0.2) is 5.96 Å². The van der Waals surface area contributed by atoms with Gasteiger partial charge in [0.1, 0.15) is 5.82 Å². The minimum Gasteiger partial charge on any atom is -0.340 e. The summed E-state index contributed by atoms with van der Waals surface area (Å²) < 4.78 is 15.8. The molecule has 1 aromatic heterocycles. The van der Waals surface area contributed by atoms with Crippen LogP contribution in [0.3, 0.4) is 0 Å². The zero-order chi connectivity index (χ0) is 29.8. The van der Waals surface area contributed by atoms with E-state index < -0.39 is 0 Å². The molecule has 0 spiro atoms. The number of aromatic nitrogens is 2. The number of halogens is 2. The Morgan fingerprint density at radius 2 is 1.90 bits per heavy atom. The van der Waals surface area contributed by atoms with E-state index in [0.29, 0.717) is 63.9 Å². The number of aryl methyl sites for hydroxylation is 2. The van der Waals surface area contributed by atoms with Crippen LogP contribution in [0.15, 0.2) is 52.5 Å². The molecule has 0 unspecified atom stereocenters. The molecule has 2 aromatic carbocycles. The molecule has 1 saturated heterocycles. The first-order chi connectivity index (χ1) is 20.0. The molecule has 9 heteroatoms. The van der Waals surface area contributed by atoms with Gasteiger partial charge in [-0.1, -0.05) is 38.4 Å². The van der Waals surface area contributed by atoms with Crippen molar-refractivity contribution in [1.82, 2.24) is 19.8 Å². The number of rotatable bonds is 5. The predicted molar refractivity (Wildman–Crippen MR) is 169 cm³/mol. The van der Waals surface area contributed by atoms with Gasteiger partial charge < -0.3 is 15.5 Å². The van der Waals surface area contributed by atoms with Gasteiger partial charge in [-0.2, -0.15) is 0 Å². The van der Waals surface area contributed by atoms with Crippen LogP contribution in [0.5, 0.6) is 0 Å². The lowest BCUT2D eigenvalue weighted by Crippen LogP contribution is -2.59. The molecule has 6 atom stereocenters. The number of nitrogens with one attached hydrogen (secondary N) is 2. The van der Waals surface area contributed by atoms with Crippen LogP contribution >= 0.6 is 11.6 Å². The summed E-state index contributed by atoms with van der Waals surface area (Å²) in [5.74, 6) is 2.53. The van der Waals surface area contributed by atoms with E-state index in [4.69, 9.17) is 16.6 Å². The SMILES string of the molecule is C[C@@H]1[C@@H](N=C(Nc2ccc3c(=O)n(CCc4ccc(Cl)cc4F)cnc3c2)N2C[C@@H](C)N[C@@H](C)C2)C[C@@H]2C[C@H]1C2(C)C. The number of hydrogen-bond donors (Lipinski definition) is 2. The van der Waals surface area contributed by atoms with Crippen molar-refractivity contribution in [2.75, 3.05) is 18.4 Å². The van der Waals surface area contributed by atoms with Crippen LogP contribution in [0.4, 0.5) is 10.1 Å². The molecular weight excluding hydrogens is 551 g/mol. The second-order valence-corrected chi connectivity index (χ2v) is 13.9. The Morgan fingerprint density at radius 3 is 2.60 bits per heavy atom. The third-order valence-corrected chi connectivity index (χ3v) is 10.4. The highest BCUT2D eigenvalue weighted by Gasteiger charge is 2.56. The van der Waals surface area contributed by atoms with Gasteiger partial charge in [0, 0.05) is 42.4 Å². The van der Waals surface area contributed by atoms with Gasteiger partial charge in [-0.3, -0.25) is 9.36 Å². The highest BCUT2D eigenvalue weighted by atomic mass is 35.5. The van der Waals surface area contributed by atoms with Crippen LogP contribution < -0.4 is 16.2 Å². The second kappa shape index (κ2) is 11.3. The molecule has 2 heterocycles. The number of guanidine groups is 1. The fourth-order valence-corrected chi connectivity index (χ4v) is 7.79. The molecule has 4 aliphatic rings. The maximum Gasteiger partial charge on any atom is 0.261 e. The van der Waals surface area contributed by atoms with Crippen LogP contribution in [0.2, 0.25) is 5.02 Å². The van der Waals surface area contributed by atoms with Gasteiger partial charge in [0.05, 0.1) is 23.3 Å². The number of piperazine rings is 1. The summed E-state index contributed by atoms with van der Waals surface area (Å²) in [7, 11) is 0. The standard InChI is InChI=1S/C33H42ClFN6O/c1-19-16-41(17-20(2)37-19)32(39-29-13-23-12-27(21(29)3)33(23,4)5)38-25-8-9-26-30(15-25)36-18-40(31(26)42)11-10-22-6-7-24(34)14-28(22)35/h6-9,14-15,18-21,23,27,29,37H,10-13,16-17H2,1-5H3,(H,38,39)/t19-,20+,21-,23-,27+,29-/m0/s1. The van der Waals surface area contributed by atoms with E-state index in [1.165, 1.54) is 17.1 Å². The smallest absolute Gasteiger partial charge is 0.261 e. The Bertz CT molecular complexity index is 1560. The Balaban J connectivity index is 1.24. The Kier molecular flexibility index (Phi) is 7.81. The van der Waals surface area contributed by atoms with E-state index in [2.05, 4.69) is 55.1 Å². The summed E-state index contributed by atoms with van der Waals surface area (Å²) in [5, 5.41) is 8.16. The summed E-state index contributed by atoms with van der Waals surface area (Å²) in [6, 6.07) is 11.3. The number of anilines is 1. The first-order valence-electron chi connectivity index (χ1n) is 15.3. The molecule has 0 radical (unpaired) electrons. The van der Waals surface area contributed by atoms with Crippen molar-refractivity contribution in [1.29, 1.82) is 0 Å². The van der Waals surface area contributed by atoms with Crippen molar-refractivity contribution in [2.45, 2.75) is 78.6 Å². The van der Waals surface area contributed by atoms with Gasteiger partial charge in [0.25, 0.3) is 5.56 Å². The van der Waals surface area contributed by atoms with Crippen molar-refractivity contribution in [3.63, 3.8) is 0 Å². The molecule has 3 aromatic rings. The lowest BCUT2D eigenvalue weighted by atomic mass is 9.45. The maximum atomic E-state index is 14.2. The van der Waals surface area contributed by atoms with E-state index in [0.717, 1.165) is 43.0 Å². The Hall–Kier alpha value is -2.97. The molecular formula is C33H42ClFN6O. The van der Waals surface area contributed by atoms with Crippen LogP contribution in [0.1, 0.15) is 53.0 Å². The van der Waals surface area contributed by atoms with Crippen LogP contribution in [0.25, 0.3) is 10.9 Å². The molecule has 224 valence electrons. The summed E-state index contributed by atoms with van der Waals surface area (Å²) in [4.78, 5) is 25.7. The van der Waals surface area contributed by atoms with Gasteiger partial charge in [0.2, 0.25) is 0 Å². The van der Waals surface area contributed by atoms with Gasteiger partial charge in [-0.25, -0.2) is 14.4 Å². The van der Waals surface area contributed by atoms with E-state index in [1.54, 1.807) is 18.5 Å². The fourth-order valence-electron chi connectivity index (χ4n) is 7.63. The van der Waals surface area contributed by atoms with Gasteiger partial charge in [-0.15, -0.1) is 0 Å². The zero-order valence-electron chi connectivity index (χ0n) is 25.2. The summed E-state index contributed by atoms with van der Waals surface area (Å²) in [5.41, 5.74) is 2.27. The molecule has 0 amide bonds. The third-order valence-electron chi connectivity index (χ3n) is 10.2. The lowest BCUT2D eigenvalue weighted by Gasteiger charge is -2.61. The number of benzene rings is 2. The average molecular weight is 593 g/mol. The topological polar surface area (TPSA) is 74.5 Å². The lowest BCUT2D eigenvalue weighted by molar-refractivity contribution is -0.108. The Morgan fingerprint density at radius 1 is 1.14 bits per heavy atom. The van der Waals surface area contributed by atoms with Crippen LogP contribution in [-0.4, -0.2) is 51.6 Å². The van der Waals surface area contributed by atoms with Gasteiger partial charge in [-0.05, 0) is 92.2 Å². The number of hydrogen-bond acceptors (Lipinski definition) is 4. The maximum absolute atomic E-state index is 14.2. The molecule has 3 saturated carbocycles. The highest BCUT2D eigenvalue weighted by molar-refractivity contribution is 6.30. The largest absolute Gasteiger partial charge is 0.340 e. The molecule has 42 heavy (non-hydrogen) atoms. The summed E-state index contributed by atoms with van der Waals surface area (Å²) >= 11 is 5.88. The van der Waals surface area contributed by atoms with E-state index >= 15 is 0 Å². The van der Waals surface area contributed by atoms with Crippen LogP contribution in [0, 0.1) is 29.0 Å². The predicted octanol–water partition coefficient (Wildman–Crippen LogP) is 5.95. The molecule has 7 rings (SSSR count). The van der Waals surface area contributed by atoms with Crippen molar-refractivity contribution < 1.29 is 4.39 Å². The normalized spacial score (nSPS) is 28.9. The first kappa shape index (κ1) is 29.1. The third kappa shape index (κ3) is 5.55. The summed E-state index contributed by atoms with van der Waals surface area (Å²) in [6.07, 6.45) is 4.38. The van der Waals surface area contributed by atoms with Crippen molar-refractivity contribution in [3.8, 4) is 0 Å². The average Bonchev–Trinajstić information content (AvgIpc) is 2.93. The molecule has 7 nitrogen and oxygen atoms in total. The van der Waals surface area contributed by atoms with Crippen molar-refractivity contribution >= 4 is 34.2 Å². The van der Waals surface area contributed by atoms with Crippen LogP contribution in [-0.2, 0) is 13.0 Å². The molecule has 3 aliphatic carbocycles. The zero-order valence-corrected chi connectivity index (χ0v) is 26.0. The molecule has 1 aliphatic heterocycles. The minimum atomic E-state index is -0.367. The monoisotopic (exact) mass is 592 g/mol. The summed E-state index contributed by atoms with van der Waals surface area (Å²) in [6.45, 7) is 13.7. The fraction of sp³-hybridized carbons (Fsp3) is 0.545. The number of aliphatic imine (C=N–C) groups is 1.